The van der Waals surface area contributed by atoms with Gasteiger partial charge in [0.1, 0.15) is 0 Å². The van der Waals surface area contributed by atoms with Crippen molar-refractivity contribution in [3.63, 3.8) is 0 Å². The van der Waals surface area contributed by atoms with Gasteiger partial charge in [-0.05, 0) is 38.7 Å². The van der Waals surface area contributed by atoms with E-state index in [-0.39, 0.29) is 17.0 Å². The first-order chi connectivity index (χ1) is 9.95. The molecule has 0 atom stereocenters. The fourth-order valence-electron chi connectivity index (χ4n) is 2.09. The van der Waals surface area contributed by atoms with Gasteiger partial charge in [0.15, 0.2) is 0 Å². The lowest BCUT2D eigenvalue weighted by Gasteiger charge is -2.32. The Morgan fingerprint density at radius 2 is 1.45 bits per heavy atom. The van der Waals surface area contributed by atoms with Gasteiger partial charge in [-0.15, -0.1) is 0 Å². The first-order valence-corrected chi connectivity index (χ1v) is 8.90. The lowest BCUT2D eigenvalue weighted by atomic mass is 9.79. The molecule has 0 N–H and O–H groups in total. The van der Waals surface area contributed by atoms with E-state index in [0.717, 1.165) is 11.0 Å². The standard InChI is InChI=1S/C15H24BNO4S/c1-14(2)15(3,4)21-16(20-14)13-9-7-12(8-10-13)11-22(18,19)17(5)6/h7-10H,11H2,1-6H3. The minimum Gasteiger partial charge on any atom is -0.399 e. The molecule has 2 rings (SSSR count). The van der Waals surface area contributed by atoms with Crippen molar-refractivity contribution in [1.82, 2.24) is 4.31 Å². The Bertz CT molecular complexity index is 622. The van der Waals surface area contributed by atoms with Crippen LogP contribution in [0, 0.1) is 0 Å². The van der Waals surface area contributed by atoms with E-state index in [4.69, 9.17) is 9.31 Å². The lowest BCUT2D eigenvalue weighted by Crippen LogP contribution is -2.41. The molecule has 1 aromatic rings. The lowest BCUT2D eigenvalue weighted by molar-refractivity contribution is 0.00578. The molecule has 0 bridgehead atoms. The molecule has 0 saturated carbocycles. The highest BCUT2D eigenvalue weighted by Gasteiger charge is 2.51. The van der Waals surface area contributed by atoms with Crippen molar-refractivity contribution in [3.8, 4) is 0 Å². The first-order valence-electron chi connectivity index (χ1n) is 7.29. The number of benzene rings is 1. The van der Waals surface area contributed by atoms with Gasteiger partial charge in [-0.1, -0.05) is 24.3 Å². The van der Waals surface area contributed by atoms with E-state index in [1.165, 1.54) is 18.4 Å². The summed E-state index contributed by atoms with van der Waals surface area (Å²) in [5, 5.41) is 0. The maximum atomic E-state index is 11.9. The number of rotatable bonds is 4. The molecule has 0 amide bonds. The Balaban J connectivity index is 2.14. The predicted molar refractivity (Wildman–Crippen MR) is 88.5 cm³/mol. The zero-order valence-electron chi connectivity index (χ0n) is 14.1. The van der Waals surface area contributed by atoms with Gasteiger partial charge in [-0.2, -0.15) is 0 Å². The maximum absolute atomic E-state index is 11.9. The van der Waals surface area contributed by atoms with E-state index in [1.807, 2.05) is 39.8 Å². The van der Waals surface area contributed by atoms with Crippen LogP contribution in [0.2, 0.25) is 0 Å². The third-order valence-electron chi connectivity index (χ3n) is 4.41. The average Bonchev–Trinajstić information content (AvgIpc) is 2.58. The maximum Gasteiger partial charge on any atom is 0.494 e. The van der Waals surface area contributed by atoms with Crippen LogP contribution < -0.4 is 5.46 Å². The van der Waals surface area contributed by atoms with Crippen LogP contribution in [0.3, 0.4) is 0 Å². The summed E-state index contributed by atoms with van der Waals surface area (Å²) in [5.74, 6) is -0.0103. The SMILES string of the molecule is CN(C)S(=O)(=O)Cc1ccc(B2OC(C)(C)C(C)(C)O2)cc1. The summed E-state index contributed by atoms with van der Waals surface area (Å²) in [5.41, 5.74) is 0.869. The summed E-state index contributed by atoms with van der Waals surface area (Å²) in [6.07, 6.45) is 0. The number of nitrogens with zero attached hydrogens (tertiary/aromatic N) is 1. The molecule has 122 valence electrons. The molecular weight excluding hydrogens is 301 g/mol. The summed E-state index contributed by atoms with van der Waals surface area (Å²) in [6.45, 7) is 8.02. The molecule has 0 aliphatic carbocycles. The molecule has 1 heterocycles. The van der Waals surface area contributed by atoms with Crippen LogP contribution in [0.1, 0.15) is 33.3 Å². The highest BCUT2D eigenvalue weighted by Crippen LogP contribution is 2.36. The molecule has 1 fully saturated rings. The van der Waals surface area contributed by atoms with Crippen molar-refractivity contribution < 1.29 is 17.7 Å². The van der Waals surface area contributed by atoms with Gasteiger partial charge in [0, 0.05) is 14.1 Å². The second-order valence-corrected chi connectivity index (χ2v) is 9.05. The average molecular weight is 325 g/mol. The molecule has 0 radical (unpaired) electrons. The zero-order chi connectivity index (χ0) is 16.8. The first kappa shape index (κ1) is 17.5. The highest BCUT2D eigenvalue weighted by atomic mass is 32.2. The van der Waals surface area contributed by atoms with Gasteiger partial charge in [0.05, 0.1) is 17.0 Å². The van der Waals surface area contributed by atoms with Crippen LogP contribution in [-0.4, -0.2) is 45.1 Å². The smallest absolute Gasteiger partial charge is 0.399 e. The van der Waals surface area contributed by atoms with Gasteiger partial charge in [-0.25, -0.2) is 12.7 Å². The Kier molecular flexibility index (Phi) is 4.47. The second kappa shape index (κ2) is 5.63. The van der Waals surface area contributed by atoms with Crippen molar-refractivity contribution >= 4 is 22.6 Å². The van der Waals surface area contributed by atoms with E-state index in [2.05, 4.69) is 0 Å². The van der Waals surface area contributed by atoms with Crippen molar-refractivity contribution in [3.05, 3.63) is 29.8 Å². The van der Waals surface area contributed by atoms with Gasteiger partial charge < -0.3 is 9.31 Å². The second-order valence-electron chi connectivity index (χ2n) is 6.87. The largest absolute Gasteiger partial charge is 0.494 e. The quantitative estimate of drug-likeness (QED) is 0.785. The van der Waals surface area contributed by atoms with Crippen LogP contribution >= 0.6 is 0 Å². The normalized spacial score (nSPS) is 20.6. The predicted octanol–water partition coefficient (Wildman–Crippen LogP) is 1.38. The molecule has 1 aliphatic rings. The van der Waals surface area contributed by atoms with E-state index in [1.54, 1.807) is 12.1 Å². The molecule has 22 heavy (non-hydrogen) atoms. The van der Waals surface area contributed by atoms with Gasteiger partial charge in [-0.3, -0.25) is 0 Å². The van der Waals surface area contributed by atoms with Crippen LogP contribution in [0.15, 0.2) is 24.3 Å². The third kappa shape index (κ3) is 3.37. The van der Waals surface area contributed by atoms with Crippen LogP contribution in [0.4, 0.5) is 0 Å². The fourth-order valence-corrected chi connectivity index (χ4v) is 2.96. The van der Waals surface area contributed by atoms with Crippen molar-refractivity contribution in [2.24, 2.45) is 0 Å². The van der Waals surface area contributed by atoms with Crippen LogP contribution in [0.25, 0.3) is 0 Å². The Morgan fingerprint density at radius 3 is 1.86 bits per heavy atom. The molecule has 0 spiro atoms. The molecule has 7 heteroatoms. The van der Waals surface area contributed by atoms with E-state index in [9.17, 15) is 8.42 Å². The monoisotopic (exact) mass is 325 g/mol. The topological polar surface area (TPSA) is 55.8 Å². The van der Waals surface area contributed by atoms with E-state index < -0.39 is 17.1 Å². The van der Waals surface area contributed by atoms with E-state index in [0.29, 0.717) is 0 Å². The summed E-state index contributed by atoms with van der Waals surface area (Å²) < 4.78 is 37.0. The van der Waals surface area contributed by atoms with Gasteiger partial charge in [0.25, 0.3) is 0 Å². The summed E-state index contributed by atoms with van der Waals surface area (Å²) >= 11 is 0. The summed E-state index contributed by atoms with van der Waals surface area (Å²) in [4.78, 5) is 0. The molecule has 1 aromatic carbocycles. The minimum atomic E-state index is -3.25. The number of sulfonamides is 1. The molecule has 1 aliphatic heterocycles. The molecule has 0 unspecified atom stereocenters. The van der Waals surface area contributed by atoms with Gasteiger partial charge >= 0.3 is 7.12 Å². The van der Waals surface area contributed by atoms with Crippen LogP contribution in [-0.2, 0) is 25.1 Å². The highest BCUT2D eigenvalue weighted by molar-refractivity contribution is 7.88. The van der Waals surface area contributed by atoms with E-state index >= 15 is 0 Å². The minimum absolute atomic E-state index is 0.0103. The zero-order valence-corrected chi connectivity index (χ0v) is 14.9. The molecule has 0 aromatic heterocycles. The van der Waals surface area contributed by atoms with Crippen molar-refractivity contribution in [2.45, 2.75) is 44.6 Å². The Hall–Kier alpha value is -0.885. The Labute approximate surface area is 133 Å². The van der Waals surface area contributed by atoms with Crippen molar-refractivity contribution in [2.75, 3.05) is 14.1 Å². The fraction of sp³-hybridized carbons (Fsp3) is 0.600. The van der Waals surface area contributed by atoms with Gasteiger partial charge in [0.2, 0.25) is 10.0 Å². The third-order valence-corrected chi connectivity index (χ3v) is 6.22. The Morgan fingerprint density at radius 1 is 1.00 bits per heavy atom. The number of hydrogen-bond acceptors (Lipinski definition) is 4. The van der Waals surface area contributed by atoms with Crippen LogP contribution in [0.5, 0.6) is 0 Å². The molecule has 5 nitrogen and oxygen atoms in total. The molecule has 1 saturated heterocycles. The number of hydrogen-bond donors (Lipinski definition) is 0. The van der Waals surface area contributed by atoms with Crippen molar-refractivity contribution in [1.29, 1.82) is 0 Å². The summed E-state index contributed by atoms with van der Waals surface area (Å²) in [7, 11) is -0.604. The summed E-state index contributed by atoms with van der Waals surface area (Å²) in [6, 6.07) is 7.34. The molecular formula is C15H24BNO4S.